The first-order chi connectivity index (χ1) is 12.9. The van der Waals surface area contributed by atoms with Gasteiger partial charge in [0.15, 0.2) is 11.9 Å². The predicted octanol–water partition coefficient (Wildman–Crippen LogP) is 3.97. The Kier molecular flexibility index (Phi) is 5.41. The van der Waals surface area contributed by atoms with E-state index in [2.05, 4.69) is 6.07 Å². The molecule has 0 radical (unpaired) electrons. The number of hydrogen-bond donors (Lipinski definition) is 0. The Morgan fingerprint density at radius 2 is 1.70 bits per heavy atom. The van der Waals surface area contributed by atoms with Crippen LogP contribution in [0.15, 0.2) is 66.9 Å². The Labute approximate surface area is 158 Å². The molecule has 5 heteroatoms. The lowest BCUT2D eigenvalue weighted by molar-refractivity contribution is -0.689. The Morgan fingerprint density at radius 1 is 1.04 bits per heavy atom. The summed E-state index contributed by atoms with van der Waals surface area (Å²) in [4.78, 5) is 22.8. The van der Waals surface area contributed by atoms with E-state index in [4.69, 9.17) is 0 Å². The molecular weight excluding hydrogens is 340 g/mol. The highest BCUT2D eigenvalue weighted by Gasteiger charge is 2.17. The summed E-state index contributed by atoms with van der Waals surface area (Å²) >= 11 is 0. The molecule has 0 amide bonds. The molecule has 0 saturated carbocycles. The van der Waals surface area contributed by atoms with Crippen molar-refractivity contribution in [3.8, 4) is 0 Å². The number of hydrogen-bond acceptors (Lipinski definition) is 3. The van der Waals surface area contributed by atoms with Gasteiger partial charge < -0.3 is 0 Å². The number of benzene rings is 2. The summed E-state index contributed by atoms with van der Waals surface area (Å²) in [5, 5.41) is 10.8. The molecule has 0 saturated heterocycles. The van der Waals surface area contributed by atoms with E-state index in [1.165, 1.54) is 12.1 Å². The molecule has 0 bridgehead atoms. The fraction of sp³-hybridized carbons (Fsp3) is 0.182. The molecule has 1 heterocycles. The van der Waals surface area contributed by atoms with E-state index in [-0.39, 0.29) is 11.5 Å². The quantitative estimate of drug-likeness (QED) is 0.289. The summed E-state index contributed by atoms with van der Waals surface area (Å²) in [6.45, 7) is 4.30. The van der Waals surface area contributed by atoms with E-state index >= 15 is 0 Å². The number of aromatic nitrogens is 1. The molecule has 0 aliphatic heterocycles. The van der Waals surface area contributed by atoms with Crippen LogP contribution in [-0.4, -0.2) is 10.7 Å². The molecule has 0 atom stereocenters. The summed E-state index contributed by atoms with van der Waals surface area (Å²) < 4.78 is 1.96. The van der Waals surface area contributed by atoms with Crippen molar-refractivity contribution in [2.45, 2.75) is 26.8 Å². The van der Waals surface area contributed by atoms with E-state index in [1.54, 1.807) is 12.1 Å². The van der Waals surface area contributed by atoms with Gasteiger partial charge in [0, 0.05) is 36.2 Å². The maximum Gasteiger partial charge on any atom is 0.269 e. The van der Waals surface area contributed by atoms with Crippen LogP contribution in [0.5, 0.6) is 0 Å². The van der Waals surface area contributed by atoms with Crippen LogP contribution in [0.3, 0.4) is 0 Å². The number of nitro benzene ring substituents is 1. The van der Waals surface area contributed by atoms with Crippen molar-refractivity contribution in [3.63, 3.8) is 0 Å². The minimum Gasteiger partial charge on any atom is -0.287 e. The average Bonchev–Trinajstić information content (AvgIpc) is 2.67. The van der Waals surface area contributed by atoms with Gasteiger partial charge in [-0.3, -0.25) is 14.9 Å². The van der Waals surface area contributed by atoms with Crippen LogP contribution >= 0.6 is 0 Å². The van der Waals surface area contributed by atoms with Crippen LogP contribution < -0.4 is 4.57 Å². The molecule has 0 unspecified atom stereocenters. The van der Waals surface area contributed by atoms with Crippen LogP contribution in [-0.2, 0) is 13.0 Å². The molecular formula is C22H21N2O3+. The number of pyridine rings is 1. The highest BCUT2D eigenvalue weighted by molar-refractivity contribution is 5.94. The van der Waals surface area contributed by atoms with Gasteiger partial charge in [0.1, 0.15) is 0 Å². The molecule has 0 aliphatic carbocycles. The monoisotopic (exact) mass is 361 g/mol. The Bertz CT molecular complexity index is 980. The van der Waals surface area contributed by atoms with Crippen molar-refractivity contribution in [1.82, 2.24) is 0 Å². The molecule has 0 spiro atoms. The molecule has 5 nitrogen and oxygen atoms in total. The van der Waals surface area contributed by atoms with E-state index in [0.29, 0.717) is 18.5 Å². The summed E-state index contributed by atoms with van der Waals surface area (Å²) in [5.74, 6) is 0.0752. The Balaban J connectivity index is 1.78. The number of nitro groups is 1. The zero-order chi connectivity index (χ0) is 19.4. The van der Waals surface area contributed by atoms with Crippen molar-refractivity contribution in [2.24, 2.45) is 0 Å². The van der Waals surface area contributed by atoms with Crippen molar-refractivity contribution in [2.75, 3.05) is 0 Å². The van der Waals surface area contributed by atoms with Gasteiger partial charge in [-0.15, -0.1) is 0 Å². The van der Waals surface area contributed by atoms with Crippen molar-refractivity contribution < 1.29 is 14.3 Å². The van der Waals surface area contributed by atoms with Crippen LogP contribution in [0.1, 0.15) is 32.7 Å². The molecule has 2 aromatic carbocycles. The molecule has 1 aromatic heterocycles. The number of aryl methyl sites for hydroxylation is 2. The summed E-state index contributed by atoms with van der Waals surface area (Å²) in [6, 6.07) is 18.0. The smallest absolute Gasteiger partial charge is 0.269 e. The number of ketones is 1. The maximum absolute atomic E-state index is 12.5. The summed E-state index contributed by atoms with van der Waals surface area (Å²) in [6.07, 6.45) is 2.69. The second kappa shape index (κ2) is 7.91. The Morgan fingerprint density at radius 3 is 2.33 bits per heavy atom. The average molecular weight is 361 g/mol. The van der Waals surface area contributed by atoms with E-state index in [9.17, 15) is 14.9 Å². The topological polar surface area (TPSA) is 64.1 Å². The van der Waals surface area contributed by atoms with Crippen LogP contribution in [0.4, 0.5) is 5.69 Å². The van der Waals surface area contributed by atoms with Gasteiger partial charge in [-0.25, -0.2) is 0 Å². The molecule has 27 heavy (non-hydrogen) atoms. The van der Waals surface area contributed by atoms with Gasteiger partial charge in [-0.2, -0.15) is 4.57 Å². The third kappa shape index (κ3) is 4.44. The lowest BCUT2D eigenvalue weighted by Crippen LogP contribution is -2.41. The minimum absolute atomic E-state index is 0.0752. The molecule has 3 rings (SSSR count). The van der Waals surface area contributed by atoms with Crippen molar-refractivity contribution in [3.05, 3.63) is 105 Å². The van der Waals surface area contributed by atoms with E-state index in [0.717, 1.165) is 22.4 Å². The van der Waals surface area contributed by atoms with Crippen molar-refractivity contribution in [1.29, 1.82) is 0 Å². The van der Waals surface area contributed by atoms with Crippen LogP contribution in [0.25, 0.3) is 0 Å². The van der Waals surface area contributed by atoms with Gasteiger partial charge in [-0.05, 0) is 24.5 Å². The highest BCUT2D eigenvalue weighted by atomic mass is 16.6. The number of carbonyl (C=O) groups excluding carboxylic acids is 1. The first-order valence-corrected chi connectivity index (χ1v) is 8.75. The molecule has 0 N–H and O–H groups in total. The highest BCUT2D eigenvalue weighted by Crippen LogP contribution is 2.17. The zero-order valence-electron chi connectivity index (χ0n) is 15.4. The zero-order valence-corrected chi connectivity index (χ0v) is 15.4. The predicted molar refractivity (Wildman–Crippen MR) is 103 cm³/mol. The minimum atomic E-state index is -0.394. The summed E-state index contributed by atoms with van der Waals surface area (Å²) in [5.41, 5.74) is 5.04. The fourth-order valence-electron chi connectivity index (χ4n) is 3.05. The number of nitrogens with zero attached hydrogens (tertiary/aromatic N) is 2. The van der Waals surface area contributed by atoms with E-state index < -0.39 is 4.92 Å². The number of non-ortho nitro benzene ring substituents is 1. The molecule has 136 valence electrons. The van der Waals surface area contributed by atoms with Gasteiger partial charge in [-0.1, -0.05) is 42.5 Å². The molecule has 0 fully saturated rings. The molecule has 3 aromatic rings. The van der Waals surface area contributed by atoms with Crippen LogP contribution in [0.2, 0.25) is 0 Å². The second-order valence-electron chi connectivity index (χ2n) is 6.64. The van der Waals surface area contributed by atoms with Crippen LogP contribution in [0, 0.1) is 24.0 Å². The first kappa shape index (κ1) is 18.5. The first-order valence-electron chi connectivity index (χ1n) is 8.75. The number of Topliss-reactive ketones (excluding diaryl/α,β-unsaturated/α-hetero) is 1. The van der Waals surface area contributed by atoms with Gasteiger partial charge in [0.2, 0.25) is 12.3 Å². The lowest BCUT2D eigenvalue weighted by atomic mass is 10.0. The molecule has 0 aliphatic rings. The Hall–Kier alpha value is -3.34. The number of rotatable bonds is 6. The largest absolute Gasteiger partial charge is 0.287 e. The normalized spacial score (nSPS) is 10.6. The van der Waals surface area contributed by atoms with E-state index in [1.807, 2.05) is 54.9 Å². The number of carbonyl (C=O) groups is 1. The maximum atomic E-state index is 12.5. The third-order valence-corrected chi connectivity index (χ3v) is 4.64. The van der Waals surface area contributed by atoms with Gasteiger partial charge >= 0.3 is 0 Å². The fourth-order valence-corrected chi connectivity index (χ4v) is 3.05. The van der Waals surface area contributed by atoms with Crippen molar-refractivity contribution >= 4 is 11.5 Å². The second-order valence-corrected chi connectivity index (χ2v) is 6.64. The summed E-state index contributed by atoms with van der Waals surface area (Å²) in [7, 11) is 0. The van der Waals surface area contributed by atoms with Gasteiger partial charge in [0.05, 0.1) is 4.92 Å². The SMILES string of the molecule is Cc1c[n+](CC(=O)c2ccccc2)c(C)cc1Cc1ccc([N+](=O)[O-])cc1. The third-order valence-electron chi connectivity index (χ3n) is 4.64. The standard InChI is InChI=1S/C22H21N2O3/c1-16-14-23(15-22(25)19-6-4-3-5-7-19)17(2)12-20(16)13-18-8-10-21(11-9-18)24(26)27/h3-12,14H,13,15H2,1-2H3/q+1. The lowest BCUT2D eigenvalue weighted by Gasteiger charge is -2.08. The van der Waals surface area contributed by atoms with Gasteiger partial charge in [0.25, 0.3) is 5.69 Å².